The molecule has 0 aliphatic carbocycles. The number of halogens is 6. The highest BCUT2D eigenvalue weighted by atomic mass is 19.4. The van der Waals surface area contributed by atoms with Crippen LogP contribution in [-0.4, -0.2) is 20.1 Å². The summed E-state index contributed by atoms with van der Waals surface area (Å²) in [4.78, 5) is 12.6. The van der Waals surface area contributed by atoms with E-state index in [-0.39, 0.29) is 6.71 Å². The first kappa shape index (κ1) is 56.0. The summed E-state index contributed by atoms with van der Waals surface area (Å²) in [6, 6.07) is 94.1. The molecule has 0 radical (unpaired) electrons. The highest BCUT2D eigenvalue weighted by Gasteiger charge is 2.52. The van der Waals surface area contributed by atoms with Gasteiger partial charge < -0.3 is 29.4 Å². The second-order valence-electron chi connectivity index (χ2n) is 25.5. The molecule has 15 heteroatoms. The molecular formula is C81H51B3F6N6. The van der Waals surface area contributed by atoms with Gasteiger partial charge in [-0.3, -0.25) is 0 Å². The monoisotopic (exact) mass is 1250 g/mol. The van der Waals surface area contributed by atoms with Crippen LogP contribution in [0.2, 0.25) is 0 Å². The SMILES string of the molecule is Cc1cc2c3c(c1)N(c1ccccc1)c1cc4c(cc1B3c1ccccc1N2c1ccccc1)B1c2cc3c(cc2N(c2ccccc2)c2cc(C(F)(F)F)cc(c21)N4c1ccccc1)N(c1ccccc1)c1cc(C(F)(F)F)cc2c1B3c1ccccc1N2c1ccccc1. The maximum Gasteiger partial charge on any atom is 0.416 e. The van der Waals surface area contributed by atoms with Crippen LogP contribution in [0.1, 0.15) is 16.7 Å². The van der Waals surface area contributed by atoms with Crippen LogP contribution in [0.3, 0.4) is 0 Å². The number of aryl methyl sites for hydroxylation is 1. The first-order valence-electron chi connectivity index (χ1n) is 32.1. The Bertz CT molecular complexity index is 5360. The van der Waals surface area contributed by atoms with Crippen molar-refractivity contribution in [3.8, 4) is 0 Å². The number of anilines is 18. The lowest BCUT2D eigenvalue weighted by Crippen LogP contribution is -2.66. The first-order valence-corrected chi connectivity index (χ1v) is 32.1. The Morgan fingerprint density at radius 3 is 0.698 bits per heavy atom. The van der Waals surface area contributed by atoms with Crippen LogP contribution in [0, 0.1) is 6.92 Å². The molecule has 13 aromatic carbocycles. The topological polar surface area (TPSA) is 19.4 Å². The molecule has 0 amide bonds. The predicted molar refractivity (Wildman–Crippen MR) is 383 cm³/mol. The Labute approximate surface area is 551 Å². The molecule has 0 saturated carbocycles. The minimum Gasteiger partial charge on any atom is -0.311 e. The molecule has 0 spiro atoms. The normalized spacial score (nSPS) is 14.2. The molecule has 96 heavy (non-hydrogen) atoms. The predicted octanol–water partition coefficient (Wildman–Crippen LogP) is 16.3. The zero-order valence-corrected chi connectivity index (χ0v) is 51.4. The van der Waals surface area contributed by atoms with Crippen molar-refractivity contribution in [3.05, 3.63) is 308 Å². The lowest BCUT2D eigenvalue weighted by atomic mass is 9.29. The fraction of sp³-hybridized carbons (Fsp3) is 0.0370. The molecular weight excluding hydrogens is 1200 g/mol. The molecule has 0 fully saturated rings. The summed E-state index contributed by atoms with van der Waals surface area (Å²) in [6.07, 6.45) is -9.57. The van der Waals surface area contributed by atoms with Crippen LogP contribution in [0.5, 0.6) is 0 Å². The molecule has 6 aliphatic rings. The van der Waals surface area contributed by atoms with Crippen molar-refractivity contribution in [1.29, 1.82) is 0 Å². The van der Waals surface area contributed by atoms with Gasteiger partial charge in [-0.25, -0.2) is 0 Å². The van der Waals surface area contributed by atoms with E-state index in [1.165, 1.54) is 24.3 Å². The number of hydrogen-bond acceptors (Lipinski definition) is 6. The number of nitrogens with zero attached hydrogens (tertiary/aromatic N) is 6. The number of benzene rings is 13. The van der Waals surface area contributed by atoms with E-state index in [1.807, 2.05) is 189 Å². The van der Waals surface area contributed by atoms with E-state index in [0.29, 0.717) is 73.5 Å². The van der Waals surface area contributed by atoms with Crippen molar-refractivity contribution in [2.24, 2.45) is 0 Å². The minimum atomic E-state index is -4.81. The molecule has 6 nitrogen and oxygen atoms in total. The maximum atomic E-state index is 16.4. The number of alkyl halides is 6. The van der Waals surface area contributed by atoms with Crippen LogP contribution in [-0.2, 0) is 12.4 Å². The van der Waals surface area contributed by atoms with Crippen molar-refractivity contribution < 1.29 is 26.3 Å². The van der Waals surface area contributed by atoms with E-state index in [9.17, 15) is 0 Å². The van der Waals surface area contributed by atoms with Gasteiger partial charge in [-0.2, -0.15) is 26.3 Å². The quantitative estimate of drug-likeness (QED) is 0.121. The van der Waals surface area contributed by atoms with Crippen molar-refractivity contribution >= 4 is 172 Å². The molecule has 6 aliphatic heterocycles. The molecule has 0 unspecified atom stereocenters. The molecule has 13 aromatic rings. The van der Waals surface area contributed by atoms with Gasteiger partial charge in [0.15, 0.2) is 0 Å². The summed E-state index contributed by atoms with van der Waals surface area (Å²) < 4.78 is 97.1. The fourth-order valence-electron chi connectivity index (χ4n) is 16.5. The smallest absolute Gasteiger partial charge is 0.311 e. The Morgan fingerprint density at radius 1 is 0.219 bits per heavy atom. The molecule has 0 atom stereocenters. The zero-order valence-electron chi connectivity index (χ0n) is 51.4. The third-order valence-electron chi connectivity index (χ3n) is 20.1. The highest BCUT2D eigenvalue weighted by Crippen LogP contribution is 2.53. The molecule has 0 bridgehead atoms. The van der Waals surface area contributed by atoms with Crippen molar-refractivity contribution in [1.82, 2.24) is 0 Å². The molecule has 456 valence electrons. The Balaban J connectivity index is 0.959. The standard InChI is InChI=1S/C81H51B3F6N6/c1-50-40-71-77-72(41-50)93(55-28-12-4-13-29-55)67-48-69-63(46-61(67)82(77)59-36-20-22-38-65(59)91(71)53-24-8-2-9-25-53)84-64-47-62-68(49-70(64)96(58-34-18-7-19-35-58)76-45-52(81(88,89)90)44-75(79(76)84)95(69)57-32-16-6-17-33-57)94(56-30-14-5-15-31-56)74-43-51(80(85,86)87)42-73-78(74)83(62)60-37-21-23-39-66(60)92(73)54-26-10-3-11-27-54/h2-49H,1H3. The molecule has 0 aromatic heterocycles. The number of para-hydroxylation sites is 8. The van der Waals surface area contributed by atoms with E-state index >= 15 is 26.3 Å². The lowest BCUT2D eigenvalue weighted by Gasteiger charge is -2.48. The summed E-state index contributed by atoms with van der Waals surface area (Å²) in [5.74, 6) is 0. The summed E-state index contributed by atoms with van der Waals surface area (Å²) >= 11 is 0. The molecule has 19 rings (SSSR count). The van der Waals surface area contributed by atoms with Crippen LogP contribution in [0.15, 0.2) is 291 Å². The van der Waals surface area contributed by atoms with Crippen molar-refractivity contribution in [2.45, 2.75) is 19.3 Å². The van der Waals surface area contributed by atoms with E-state index in [4.69, 9.17) is 0 Å². The Hall–Kier alpha value is -11.6. The maximum absolute atomic E-state index is 16.4. The van der Waals surface area contributed by atoms with Gasteiger partial charge in [-0.1, -0.05) is 158 Å². The van der Waals surface area contributed by atoms with Gasteiger partial charge >= 0.3 is 12.4 Å². The highest BCUT2D eigenvalue weighted by molar-refractivity contribution is 7.04. The minimum absolute atomic E-state index is 0.328. The summed E-state index contributed by atoms with van der Waals surface area (Å²) in [5.41, 5.74) is 19.9. The van der Waals surface area contributed by atoms with E-state index < -0.39 is 36.9 Å². The molecule has 0 N–H and O–H groups in total. The molecule has 6 heterocycles. The molecule has 0 saturated heterocycles. The van der Waals surface area contributed by atoms with Crippen LogP contribution in [0.25, 0.3) is 0 Å². The number of rotatable bonds is 6. The second-order valence-corrected chi connectivity index (χ2v) is 25.5. The van der Waals surface area contributed by atoms with E-state index in [0.717, 1.165) is 83.6 Å². The summed E-state index contributed by atoms with van der Waals surface area (Å²) in [7, 11) is 0. The van der Waals surface area contributed by atoms with E-state index in [2.05, 4.69) is 114 Å². The van der Waals surface area contributed by atoms with Gasteiger partial charge in [0.05, 0.1) is 11.1 Å². The number of hydrogen-bond donors (Lipinski definition) is 0. The average molecular weight is 1250 g/mol. The van der Waals surface area contributed by atoms with Crippen LogP contribution < -0.4 is 78.6 Å². The summed E-state index contributed by atoms with van der Waals surface area (Å²) in [5, 5.41) is 0. The number of fused-ring (bicyclic) bond motifs is 12. The van der Waals surface area contributed by atoms with Crippen LogP contribution in [0.4, 0.5) is 129 Å². The van der Waals surface area contributed by atoms with Gasteiger partial charge in [0.1, 0.15) is 0 Å². The summed E-state index contributed by atoms with van der Waals surface area (Å²) in [6.45, 7) is 0.427. The fourth-order valence-corrected chi connectivity index (χ4v) is 16.5. The largest absolute Gasteiger partial charge is 0.416 e. The third-order valence-corrected chi connectivity index (χ3v) is 20.1. The zero-order chi connectivity index (χ0) is 64.5. The van der Waals surface area contributed by atoms with Crippen LogP contribution >= 0.6 is 0 Å². The van der Waals surface area contributed by atoms with Gasteiger partial charge in [0, 0.05) is 102 Å². The Kier molecular flexibility index (Phi) is 12.1. The third kappa shape index (κ3) is 8.19. The Morgan fingerprint density at radius 2 is 0.438 bits per heavy atom. The van der Waals surface area contributed by atoms with Crippen molar-refractivity contribution in [3.63, 3.8) is 0 Å². The van der Waals surface area contributed by atoms with Crippen molar-refractivity contribution in [2.75, 3.05) is 29.4 Å². The van der Waals surface area contributed by atoms with E-state index in [1.54, 1.807) is 0 Å². The lowest BCUT2D eigenvalue weighted by molar-refractivity contribution is -0.138. The first-order chi connectivity index (χ1) is 46.9. The van der Waals surface area contributed by atoms with Gasteiger partial charge in [0.2, 0.25) is 0 Å². The average Bonchev–Trinajstić information content (AvgIpc) is 0.684. The van der Waals surface area contributed by atoms with Gasteiger partial charge in [-0.05, 0) is 195 Å². The van der Waals surface area contributed by atoms with Gasteiger partial charge in [-0.15, -0.1) is 0 Å². The second kappa shape index (κ2) is 20.7. The van der Waals surface area contributed by atoms with Gasteiger partial charge in [0.25, 0.3) is 20.1 Å².